The predicted octanol–water partition coefficient (Wildman–Crippen LogP) is 1.52. The Morgan fingerprint density at radius 1 is 1.29 bits per heavy atom. The number of nitrogens with two attached hydrogens (primary N) is 1. The molecule has 1 amide bonds. The zero-order valence-electron chi connectivity index (χ0n) is 11.5. The number of alkyl halides is 3. The van der Waals surface area contributed by atoms with Crippen LogP contribution in [0.15, 0.2) is 24.3 Å². The molecule has 0 aliphatic rings. The lowest BCUT2D eigenvalue weighted by Crippen LogP contribution is -2.35. The maximum absolute atomic E-state index is 12.0. The van der Waals surface area contributed by atoms with Crippen molar-refractivity contribution in [3.05, 3.63) is 29.8 Å². The predicted molar refractivity (Wildman–Crippen MR) is 69.5 cm³/mol. The van der Waals surface area contributed by atoms with Gasteiger partial charge in [0.1, 0.15) is 5.75 Å². The quantitative estimate of drug-likeness (QED) is 0.791. The van der Waals surface area contributed by atoms with Crippen LogP contribution in [0.4, 0.5) is 13.2 Å². The normalized spacial score (nSPS) is 11.7. The fourth-order valence-corrected chi connectivity index (χ4v) is 1.71. The Kier molecular flexibility index (Phi) is 6.44. The molecule has 8 heteroatoms. The molecule has 1 rings (SSSR count). The fraction of sp³-hybridized carbons (Fsp3) is 0.462. The molecule has 0 unspecified atom stereocenters. The third-order valence-electron chi connectivity index (χ3n) is 2.55. The minimum absolute atomic E-state index is 0.0458. The summed E-state index contributed by atoms with van der Waals surface area (Å²) >= 11 is 0. The first kappa shape index (κ1) is 17.3. The van der Waals surface area contributed by atoms with Crippen LogP contribution in [0.3, 0.4) is 0 Å². The second kappa shape index (κ2) is 7.84. The van der Waals surface area contributed by atoms with Gasteiger partial charge in [0.15, 0.2) is 0 Å². The van der Waals surface area contributed by atoms with E-state index in [0.29, 0.717) is 19.7 Å². The molecule has 0 saturated carbocycles. The van der Waals surface area contributed by atoms with Gasteiger partial charge in [0.05, 0.1) is 13.2 Å². The number of nitrogens with zero attached hydrogens (tertiary/aromatic N) is 1. The third-order valence-corrected chi connectivity index (χ3v) is 2.55. The van der Waals surface area contributed by atoms with Crippen LogP contribution in [0.5, 0.6) is 5.75 Å². The molecule has 0 heterocycles. The van der Waals surface area contributed by atoms with E-state index in [2.05, 4.69) is 4.74 Å². The maximum atomic E-state index is 12.0. The number of benzene rings is 1. The van der Waals surface area contributed by atoms with Gasteiger partial charge >= 0.3 is 6.36 Å². The van der Waals surface area contributed by atoms with Gasteiger partial charge in [-0.25, -0.2) is 0 Å². The van der Waals surface area contributed by atoms with Gasteiger partial charge in [0, 0.05) is 20.2 Å². The molecule has 0 spiro atoms. The standard InChI is InChI=1S/C13H17F3N2O3/c1-20-7-6-18(9-12(17)19)8-10-2-4-11(5-3-10)21-13(14,15)16/h2-5H,6-9H2,1H3,(H2,17,19). The van der Waals surface area contributed by atoms with Gasteiger partial charge in [-0.1, -0.05) is 12.1 Å². The van der Waals surface area contributed by atoms with E-state index in [9.17, 15) is 18.0 Å². The summed E-state index contributed by atoms with van der Waals surface area (Å²) < 4.78 is 44.8. The molecule has 1 aromatic carbocycles. The summed E-state index contributed by atoms with van der Waals surface area (Å²) in [5, 5.41) is 0. The molecule has 0 bridgehead atoms. The van der Waals surface area contributed by atoms with E-state index >= 15 is 0 Å². The van der Waals surface area contributed by atoms with Gasteiger partial charge in [0.2, 0.25) is 5.91 Å². The third kappa shape index (κ3) is 7.52. The van der Waals surface area contributed by atoms with E-state index in [0.717, 1.165) is 5.56 Å². The summed E-state index contributed by atoms with van der Waals surface area (Å²) in [5.74, 6) is -0.771. The second-order valence-corrected chi connectivity index (χ2v) is 4.36. The lowest BCUT2D eigenvalue weighted by Gasteiger charge is -2.20. The number of methoxy groups -OCH3 is 1. The van der Waals surface area contributed by atoms with E-state index in [-0.39, 0.29) is 12.3 Å². The van der Waals surface area contributed by atoms with E-state index < -0.39 is 12.3 Å². The van der Waals surface area contributed by atoms with Crippen molar-refractivity contribution in [2.75, 3.05) is 26.8 Å². The molecule has 21 heavy (non-hydrogen) atoms. The molecule has 2 N–H and O–H groups in total. The molecule has 0 fully saturated rings. The molecule has 0 radical (unpaired) electrons. The van der Waals surface area contributed by atoms with Crippen molar-refractivity contribution in [1.82, 2.24) is 4.90 Å². The highest BCUT2D eigenvalue weighted by molar-refractivity contribution is 5.75. The number of amides is 1. The number of primary amides is 1. The topological polar surface area (TPSA) is 64.8 Å². The Bertz CT molecular complexity index is 449. The van der Waals surface area contributed by atoms with E-state index in [4.69, 9.17) is 10.5 Å². The van der Waals surface area contributed by atoms with Crippen LogP contribution in [-0.2, 0) is 16.1 Å². The van der Waals surface area contributed by atoms with Gasteiger partial charge in [-0.3, -0.25) is 9.69 Å². The largest absolute Gasteiger partial charge is 0.573 e. The second-order valence-electron chi connectivity index (χ2n) is 4.36. The van der Waals surface area contributed by atoms with Crippen molar-refractivity contribution in [3.8, 4) is 5.75 Å². The lowest BCUT2D eigenvalue weighted by atomic mass is 10.2. The SMILES string of the molecule is COCCN(CC(N)=O)Cc1ccc(OC(F)(F)F)cc1. The smallest absolute Gasteiger partial charge is 0.406 e. The van der Waals surface area contributed by atoms with Gasteiger partial charge in [0.25, 0.3) is 0 Å². The molecule has 0 aromatic heterocycles. The van der Waals surface area contributed by atoms with Crippen LogP contribution in [0, 0.1) is 0 Å². The molecule has 5 nitrogen and oxygen atoms in total. The number of carbonyl (C=O) groups is 1. The zero-order chi connectivity index (χ0) is 15.9. The van der Waals surface area contributed by atoms with Crippen LogP contribution >= 0.6 is 0 Å². The molecule has 0 aliphatic heterocycles. The highest BCUT2D eigenvalue weighted by Gasteiger charge is 2.30. The van der Waals surface area contributed by atoms with Crippen LogP contribution < -0.4 is 10.5 Å². The Balaban J connectivity index is 2.64. The number of hydrogen-bond donors (Lipinski definition) is 1. The molecule has 118 valence electrons. The Hall–Kier alpha value is -1.80. The minimum atomic E-state index is -4.71. The number of ether oxygens (including phenoxy) is 2. The van der Waals surface area contributed by atoms with Crippen LogP contribution in [-0.4, -0.2) is 44.0 Å². The Labute approximate surface area is 120 Å². The number of carbonyl (C=O) groups excluding carboxylic acids is 1. The van der Waals surface area contributed by atoms with Gasteiger partial charge in [-0.05, 0) is 17.7 Å². The molecular weight excluding hydrogens is 289 g/mol. The number of halogens is 3. The number of hydrogen-bond acceptors (Lipinski definition) is 4. The van der Waals surface area contributed by atoms with Crippen LogP contribution in [0.1, 0.15) is 5.56 Å². The molecule has 0 atom stereocenters. The summed E-state index contributed by atoms with van der Waals surface area (Å²) in [6, 6.07) is 5.45. The van der Waals surface area contributed by atoms with Crippen LogP contribution in [0.25, 0.3) is 0 Å². The summed E-state index contributed by atoms with van der Waals surface area (Å²) in [7, 11) is 1.53. The van der Waals surface area contributed by atoms with E-state index in [1.165, 1.54) is 31.4 Å². The average Bonchev–Trinajstić information content (AvgIpc) is 2.36. The Morgan fingerprint density at radius 3 is 2.38 bits per heavy atom. The molecule has 0 saturated heterocycles. The number of rotatable bonds is 8. The molecule has 0 aliphatic carbocycles. The highest BCUT2D eigenvalue weighted by atomic mass is 19.4. The fourth-order valence-electron chi connectivity index (χ4n) is 1.71. The first-order chi connectivity index (χ1) is 9.80. The summed E-state index contributed by atoms with van der Waals surface area (Å²) in [6.45, 7) is 1.32. The van der Waals surface area contributed by atoms with Gasteiger partial charge in [-0.15, -0.1) is 13.2 Å². The van der Waals surface area contributed by atoms with Crippen molar-refractivity contribution in [3.63, 3.8) is 0 Å². The van der Waals surface area contributed by atoms with Crippen molar-refractivity contribution < 1.29 is 27.4 Å². The van der Waals surface area contributed by atoms with Crippen molar-refractivity contribution in [2.24, 2.45) is 5.73 Å². The van der Waals surface area contributed by atoms with Gasteiger partial charge < -0.3 is 15.2 Å². The average molecular weight is 306 g/mol. The minimum Gasteiger partial charge on any atom is -0.406 e. The Morgan fingerprint density at radius 2 is 1.90 bits per heavy atom. The summed E-state index contributed by atoms with van der Waals surface area (Å²) in [6.07, 6.45) is -4.71. The molecule has 1 aromatic rings. The summed E-state index contributed by atoms with van der Waals surface area (Å²) in [5.41, 5.74) is 5.88. The van der Waals surface area contributed by atoms with E-state index in [1.54, 1.807) is 4.90 Å². The first-order valence-electron chi connectivity index (χ1n) is 6.14. The highest BCUT2D eigenvalue weighted by Crippen LogP contribution is 2.23. The zero-order valence-corrected chi connectivity index (χ0v) is 11.5. The van der Waals surface area contributed by atoms with E-state index in [1.807, 2.05) is 0 Å². The lowest BCUT2D eigenvalue weighted by molar-refractivity contribution is -0.274. The summed E-state index contributed by atoms with van der Waals surface area (Å²) in [4.78, 5) is 12.7. The monoisotopic (exact) mass is 306 g/mol. The van der Waals surface area contributed by atoms with Crippen molar-refractivity contribution in [2.45, 2.75) is 12.9 Å². The van der Waals surface area contributed by atoms with Crippen LogP contribution in [0.2, 0.25) is 0 Å². The molecular formula is C13H17F3N2O3. The first-order valence-corrected chi connectivity index (χ1v) is 6.14. The van der Waals surface area contributed by atoms with Gasteiger partial charge in [-0.2, -0.15) is 0 Å². The maximum Gasteiger partial charge on any atom is 0.573 e. The van der Waals surface area contributed by atoms with Crippen molar-refractivity contribution >= 4 is 5.91 Å². The van der Waals surface area contributed by atoms with Crippen molar-refractivity contribution in [1.29, 1.82) is 0 Å².